The highest BCUT2D eigenvalue weighted by Gasteiger charge is 2.33. The van der Waals surface area contributed by atoms with Crippen LogP contribution in [-0.4, -0.2) is 58.5 Å². The lowest BCUT2D eigenvalue weighted by Crippen LogP contribution is -2.36. The van der Waals surface area contributed by atoms with Crippen LogP contribution in [0.3, 0.4) is 0 Å². The van der Waals surface area contributed by atoms with Gasteiger partial charge in [0.05, 0.1) is 12.3 Å². The Morgan fingerprint density at radius 3 is 2.50 bits per heavy atom. The van der Waals surface area contributed by atoms with Gasteiger partial charge in [0.25, 0.3) is 0 Å². The molecular weight excluding hydrogens is 268 g/mol. The van der Waals surface area contributed by atoms with Crippen LogP contribution in [0.5, 0.6) is 0 Å². The number of hydrogen-bond acceptors (Lipinski definition) is 4. The zero-order chi connectivity index (χ0) is 15.3. The molecule has 1 unspecified atom stereocenters. The third-order valence-electron chi connectivity index (χ3n) is 2.94. The summed E-state index contributed by atoms with van der Waals surface area (Å²) in [6.45, 7) is 3.71. The number of carboxylic acid groups (broad SMARTS) is 2. The van der Waals surface area contributed by atoms with Crippen LogP contribution in [0.2, 0.25) is 0 Å². The van der Waals surface area contributed by atoms with E-state index < -0.39 is 23.8 Å². The van der Waals surface area contributed by atoms with Crippen LogP contribution in [0.4, 0.5) is 0 Å². The van der Waals surface area contributed by atoms with Gasteiger partial charge < -0.3 is 20.4 Å². The van der Waals surface area contributed by atoms with Crippen molar-refractivity contribution in [2.45, 2.75) is 12.8 Å². The van der Waals surface area contributed by atoms with Crippen molar-refractivity contribution < 1.29 is 29.4 Å². The smallest absolute Gasteiger partial charge is 0.331 e. The minimum atomic E-state index is -1.24. The molecule has 1 saturated heterocycles. The van der Waals surface area contributed by atoms with Gasteiger partial charge in [-0.15, -0.1) is 0 Å². The highest BCUT2D eigenvalue weighted by atomic mass is 16.4. The Morgan fingerprint density at radius 2 is 2.00 bits per heavy atom. The Balaban J connectivity index is 2.29. The van der Waals surface area contributed by atoms with Crippen LogP contribution in [0.1, 0.15) is 12.8 Å². The summed E-state index contributed by atoms with van der Waals surface area (Å²) in [6, 6.07) is 0. The zero-order valence-electron chi connectivity index (χ0n) is 10.8. The predicted octanol–water partition coefficient (Wildman–Crippen LogP) is -0.933. The van der Waals surface area contributed by atoms with E-state index in [0.29, 0.717) is 0 Å². The Morgan fingerprint density at radius 1 is 1.35 bits per heavy atom. The van der Waals surface area contributed by atoms with Gasteiger partial charge in [-0.25, -0.2) is 4.79 Å². The molecule has 0 saturated carbocycles. The maximum atomic E-state index is 11.5. The van der Waals surface area contributed by atoms with Crippen molar-refractivity contribution in [3.05, 3.63) is 12.2 Å². The number of hydrogen-bond donors (Lipinski definition) is 3. The summed E-state index contributed by atoms with van der Waals surface area (Å²) in [5, 5.41) is 19.8. The van der Waals surface area contributed by atoms with E-state index in [1.165, 1.54) is 4.90 Å². The molecule has 8 heteroatoms. The number of carbonyl (C=O) groups is 4. The van der Waals surface area contributed by atoms with Gasteiger partial charge in [-0.05, 0) is 0 Å². The van der Waals surface area contributed by atoms with Crippen LogP contribution in [0.25, 0.3) is 0 Å². The van der Waals surface area contributed by atoms with Crippen molar-refractivity contribution in [3.8, 4) is 0 Å². The van der Waals surface area contributed by atoms with Gasteiger partial charge in [0.1, 0.15) is 0 Å². The zero-order valence-corrected chi connectivity index (χ0v) is 10.8. The predicted molar refractivity (Wildman–Crippen MR) is 66.7 cm³/mol. The largest absolute Gasteiger partial charge is 0.481 e. The van der Waals surface area contributed by atoms with Gasteiger partial charge in [-0.3, -0.25) is 14.4 Å². The number of amides is 2. The van der Waals surface area contributed by atoms with E-state index in [2.05, 4.69) is 11.9 Å². The Kier molecular flexibility index (Phi) is 5.24. The maximum absolute atomic E-state index is 11.5. The van der Waals surface area contributed by atoms with Crippen molar-refractivity contribution in [1.82, 2.24) is 10.2 Å². The highest BCUT2D eigenvalue weighted by molar-refractivity contribution is 5.93. The van der Waals surface area contributed by atoms with Crippen LogP contribution in [0, 0.1) is 5.92 Å². The Bertz CT molecular complexity index is 459. The molecule has 1 fully saturated rings. The number of carboxylic acids is 2. The fraction of sp³-hybridized carbons (Fsp3) is 0.500. The van der Waals surface area contributed by atoms with Crippen molar-refractivity contribution in [2.24, 2.45) is 5.92 Å². The number of carbonyl (C=O) groups excluding carboxylic acids is 2. The average molecular weight is 284 g/mol. The molecule has 0 aromatic heterocycles. The fourth-order valence-electron chi connectivity index (χ4n) is 1.82. The van der Waals surface area contributed by atoms with E-state index in [9.17, 15) is 19.2 Å². The highest BCUT2D eigenvalue weighted by Crippen LogP contribution is 2.17. The average Bonchev–Trinajstić information content (AvgIpc) is 2.71. The third kappa shape index (κ3) is 4.38. The second-order valence-corrected chi connectivity index (χ2v) is 4.51. The molecule has 1 atom stereocenters. The number of rotatable bonds is 7. The van der Waals surface area contributed by atoms with Gasteiger partial charge >= 0.3 is 11.9 Å². The van der Waals surface area contributed by atoms with E-state index in [4.69, 9.17) is 10.2 Å². The number of aliphatic carboxylic acids is 2. The third-order valence-corrected chi connectivity index (χ3v) is 2.94. The first kappa shape index (κ1) is 15.7. The first-order chi connectivity index (χ1) is 9.31. The first-order valence-corrected chi connectivity index (χ1v) is 5.99. The fourth-order valence-corrected chi connectivity index (χ4v) is 1.82. The van der Waals surface area contributed by atoms with E-state index >= 15 is 0 Å². The minimum absolute atomic E-state index is 0.0287. The SMILES string of the molecule is C=C(CC(=O)NCCN1CC(C(=O)O)CC1=O)C(=O)O. The van der Waals surface area contributed by atoms with E-state index in [1.54, 1.807) is 0 Å². The van der Waals surface area contributed by atoms with Crippen molar-refractivity contribution >= 4 is 23.8 Å². The normalized spacial score (nSPS) is 17.9. The lowest BCUT2D eigenvalue weighted by atomic mass is 10.1. The first-order valence-electron chi connectivity index (χ1n) is 5.99. The van der Waals surface area contributed by atoms with Gasteiger partial charge in [0.2, 0.25) is 11.8 Å². The molecule has 1 aliphatic rings. The summed E-state index contributed by atoms with van der Waals surface area (Å²) in [7, 11) is 0. The summed E-state index contributed by atoms with van der Waals surface area (Å²) in [6.07, 6.45) is -0.347. The molecule has 1 rings (SSSR count). The maximum Gasteiger partial charge on any atom is 0.331 e. The number of likely N-dealkylation sites (tertiary alicyclic amines) is 1. The summed E-state index contributed by atoms with van der Waals surface area (Å²) in [5.74, 6) is -3.72. The molecule has 3 N–H and O–H groups in total. The lowest BCUT2D eigenvalue weighted by molar-refractivity contribution is -0.141. The van der Waals surface area contributed by atoms with Crippen LogP contribution in [0.15, 0.2) is 12.2 Å². The molecule has 0 bridgehead atoms. The molecule has 0 radical (unpaired) electrons. The van der Waals surface area contributed by atoms with Crippen LogP contribution >= 0.6 is 0 Å². The van der Waals surface area contributed by atoms with Crippen molar-refractivity contribution in [3.63, 3.8) is 0 Å². The quantitative estimate of drug-likeness (QED) is 0.519. The van der Waals surface area contributed by atoms with E-state index in [0.717, 1.165) is 0 Å². The van der Waals surface area contributed by atoms with E-state index in [-0.39, 0.29) is 44.0 Å². The molecule has 0 aromatic rings. The second-order valence-electron chi connectivity index (χ2n) is 4.51. The molecule has 1 aliphatic heterocycles. The molecule has 20 heavy (non-hydrogen) atoms. The molecule has 110 valence electrons. The summed E-state index contributed by atoms with van der Waals surface area (Å²) in [5.41, 5.74) is -0.217. The van der Waals surface area contributed by atoms with Gasteiger partial charge in [0, 0.05) is 31.6 Å². The molecule has 0 aromatic carbocycles. The Labute approximate surface area is 115 Å². The van der Waals surface area contributed by atoms with Crippen LogP contribution in [-0.2, 0) is 19.2 Å². The molecule has 0 spiro atoms. The summed E-state index contributed by atoms with van der Waals surface area (Å²) >= 11 is 0. The van der Waals surface area contributed by atoms with Gasteiger partial charge in [-0.2, -0.15) is 0 Å². The summed E-state index contributed by atoms with van der Waals surface area (Å²) < 4.78 is 0. The molecule has 1 heterocycles. The van der Waals surface area contributed by atoms with Crippen LogP contribution < -0.4 is 5.32 Å². The number of nitrogens with one attached hydrogen (secondary N) is 1. The topological polar surface area (TPSA) is 124 Å². The molecular formula is C12H16N2O6. The minimum Gasteiger partial charge on any atom is -0.481 e. The van der Waals surface area contributed by atoms with Crippen molar-refractivity contribution in [1.29, 1.82) is 0 Å². The van der Waals surface area contributed by atoms with Gasteiger partial charge in [0.15, 0.2) is 0 Å². The molecule has 0 aliphatic carbocycles. The monoisotopic (exact) mass is 284 g/mol. The number of nitrogens with zero attached hydrogens (tertiary/aromatic N) is 1. The second kappa shape index (κ2) is 6.69. The summed E-state index contributed by atoms with van der Waals surface area (Å²) in [4.78, 5) is 45.4. The lowest BCUT2D eigenvalue weighted by Gasteiger charge is -2.16. The van der Waals surface area contributed by atoms with Gasteiger partial charge in [-0.1, -0.05) is 6.58 Å². The van der Waals surface area contributed by atoms with Crippen molar-refractivity contribution in [2.75, 3.05) is 19.6 Å². The Hall–Kier alpha value is -2.38. The van der Waals surface area contributed by atoms with E-state index in [1.807, 2.05) is 0 Å². The standard InChI is InChI=1S/C12H16N2O6/c1-7(11(17)18)4-9(15)13-2-3-14-6-8(12(19)20)5-10(14)16/h8H,1-6H2,(H,13,15)(H,17,18)(H,19,20). The molecule has 2 amide bonds. The molecule has 8 nitrogen and oxygen atoms in total.